The van der Waals surface area contributed by atoms with Gasteiger partial charge in [0.2, 0.25) is 0 Å². The Kier molecular flexibility index (Phi) is 3.42. The molecule has 0 aromatic carbocycles. The molecule has 0 spiro atoms. The van der Waals surface area contributed by atoms with Crippen LogP contribution in [0.3, 0.4) is 0 Å². The van der Waals surface area contributed by atoms with Crippen molar-refractivity contribution in [2.45, 2.75) is 32.5 Å². The van der Waals surface area contributed by atoms with Crippen molar-refractivity contribution in [3.63, 3.8) is 0 Å². The van der Waals surface area contributed by atoms with Crippen LogP contribution in [0.2, 0.25) is 0 Å². The van der Waals surface area contributed by atoms with Gasteiger partial charge in [0.05, 0.1) is 0 Å². The Morgan fingerprint density at radius 2 is 2.12 bits per heavy atom. The fourth-order valence-corrected chi connectivity index (χ4v) is 1.26. The molecule has 0 radical (unpaired) electrons. The standard InChI is InChI=1S/C9H11F3N4/c1-2-3-4-16-8(14)6(5-13)7(15-16)9(10,11)12/h2-4,14H2,1H3. The van der Waals surface area contributed by atoms with Crippen LogP contribution in [0, 0.1) is 11.3 Å². The van der Waals surface area contributed by atoms with Crippen molar-refractivity contribution in [2.24, 2.45) is 0 Å². The molecule has 0 atom stereocenters. The first-order valence-corrected chi connectivity index (χ1v) is 4.75. The lowest BCUT2D eigenvalue weighted by molar-refractivity contribution is -0.141. The SMILES string of the molecule is CCCCn1nc(C(F)(F)F)c(C#N)c1N. The third kappa shape index (κ3) is 2.27. The number of anilines is 1. The van der Waals surface area contributed by atoms with Crippen molar-refractivity contribution in [1.82, 2.24) is 9.78 Å². The van der Waals surface area contributed by atoms with Crippen LogP contribution >= 0.6 is 0 Å². The van der Waals surface area contributed by atoms with Gasteiger partial charge in [0.15, 0.2) is 5.69 Å². The zero-order chi connectivity index (χ0) is 12.3. The smallest absolute Gasteiger partial charge is 0.383 e. The van der Waals surface area contributed by atoms with E-state index in [4.69, 9.17) is 11.0 Å². The van der Waals surface area contributed by atoms with Crippen molar-refractivity contribution in [3.05, 3.63) is 11.3 Å². The molecular formula is C9H11F3N4. The Hall–Kier alpha value is -1.71. The molecule has 0 saturated heterocycles. The van der Waals surface area contributed by atoms with Crippen LogP contribution in [0.4, 0.5) is 19.0 Å². The monoisotopic (exact) mass is 232 g/mol. The molecule has 2 N–H and O–H groups in total. The van der Waals surface area contributed by atoms with E-state index in [1.54, 1.807) is 0 Å². The summed E-state index contributed by atoms with van der Waals surface area (Å²) < 4.78 is 38.4. The first-order valence-electron chi connectivity index (χ1n) is 4.75. The van der Waals surface area contributed by atoms with Gasteiger partial charge in [-0.2, -0.15) is 23.5 Å². The molecule has 4 nitrogen and oxygen atoms in total. The van der Waals surface area contributed by atoms with Gasteiger partial charge in [-0.15, -0.1) is 0 Å². The average molecular weight is 232 g/mol. The number of alkyl halides is 3. The van der Waals surface area contributed by atoms with Crippen molar-refractivity contribution in [3.8, 4) is 6.07 Å². The van der Waals surface area contributed by atoms with Crippen molar-refractivity contribution in [2.75, 3.05) is 5.73 Å². The van der Waals surface area contributed by atoms with Gasteiger partial charge in [0, 0.05) is 6.54 Å². The summed E-state index contributed by atoms with van der Waals surface area (Å²) in [6, 6.07) is 1.44. The summed E-state index contributed by atoms with van der Waals surface area (Å²) in [6.07, 6.45) is -3.17. The maximum Gasteiger partial charge on any atom is 0.436 e. The summed E-state index contributed by atoms with van der Waals surface area (Å²) >= 11 is 0. The third-order valence-electron chi connectivity index (χ3n) is 2.10. The van der Waals surface area contributed by atoms with Crippen molar-refractivity contribution in [1.29, 1.82) is 5.26 Å². The van der Waals surface area contributed by atoms with E-state index in [1.807, 2.05) is 6.92 Å². The maximum atomic E-state index is 12.5. The lowest BCUT2D eigenvalue weighted by Crippen LogP contribution is -2.09. The molecule has 16 heavy (non-hydrogen) atoms. The molecule has 0 aliphatic rings. The molecule has 0 saturated carbocycles. The number of nitrogens with zero attached hydrogens (tertiary/aromatic N) is 3. The number of hydrogen-bond donors (Lipinski definition) is 1. The highest BCUT2D eigenvalue weighted by molar-refractivity contribution is 5.52. The molecule has 0 aliphatic heterocycles. The van der Waals surface area contributed by atoms with Crippen molar-refractivity contribution >= 4 is 5.82 Å². The Balaban J connectivity index is 3.17. The van der Waals surface area contributed by atoms with E-state index >= 15 is 0 Å². The lowest BCUT2D eigenvalue weighted by Gasteiger charge is -2.02. The first kappa shape index (κ1) is 12.4. The Morgan fingerprint density at radius 3 is 2.50 bits per heavy atom. The minimum Gasteiger partial charge on any atom is -0.383 e. The van der Waals surface area contributed by atoms with Crippen LogP contribution in [0.5, 0.6) is 0 Å². The average Bonchev–Trinajstić information content (AvgIpc) is 2.51. The zero-order valence-corrected chi connectivity index (χ0v) is 8.67. The van der Waals surface area contributed by atoms with Crippen LogP contribution in [0.25, 0.3) is 0 Å². The number of nitrogens with two attached hydrogens (primary N) is 1. The molecule has 1 heterocycles. The Morgan fingerprint density at radius 1 is 1.50 bits per heavy atom. The zero-order valence-electron chi connectivity index (χ0n) is 8.67. The molecule has 7 heteroatoms. The quantitative estimate of drug-likeness (QED) is 0.868. The van der Waals surface area contributed by atoms with Gasteiger partial charge in [-0.1, -0.05) is 13.3 Å². The summed E-state index contributed by atoms with van der Waals surface area (Å²) in [7, 11) is 0. The van der Waals surface area contributed by atoms with Gasteiger partial charge in [-0.3, -0.25) is 0 Å². The number of nitrogen functional groups attached to an aromatic ring is 1. The fourth-order valence-electron chi connectivity index (χ4n) is 1.26. The van der Waals surface area contributed by atoms with Crippen molar-refractivity contribution < 1.29 is 13.2 Å². The Bertz CT molecular complexity index is 414. The molecule has 0 bridgehead atoms. The number of rotatable bonds is 3. The summed E-state index contributed by atoms with van der Waals surface area (Å²) in [5.74, 6) is -0.219. The number of unbranched alkanes of at least 4 members (excludes halogenated alkanes) is 1. The van der Waals surface area contributed by atoms with Gasteiger partial charge in [-0.25, -0.2) is 4.68 Å². The van der Waals surface area contributed by atoms with E-state index in [1.165, 1.54) is 6.07 Å². The minimum absolute atomic E-state index is 0.219. The number of halogens is 3. The predicted molar refractivity (Wildman–Crippen MR) is 51.3 cm³/mol. The second-order valence-electron chi connectivity index (χ2n) is 3.30. The van der Waals surface area contributed by atoms with Gasteiger partial charge in [0.1, 0.15) is 17.5 Å². The second-order valence-corrected chi connectivity index (χ2v) is 3.30. The second kappa shape index (κ2) is 4.43. The summed E-state index contributed by atoms with van der Waals surface area (Å²) in [5.41, 5.74) is 3.63. The maximum absolute atomic E-state index is 12.5. The molecule has 0 amide bonds. The molecule has 0 unspecified atom stereocenters. The third-order valence-corrected chi connectivity index (χ3v) is 2.10. The molecule has 1 aromatic rings. The largest absolute Gasteiger partial charge is 0.436 e. The van der Waals surface area contributed by atoms with Crippen LogP contribution in [-0.2, 0) is 12.7 Å². The lowest BCUT2D eigenvalue weighted by atomic mass is 10.2. The van der Waals surface area contributed by atoms with Crippen LogP contribution in [-0.4, -0.2) is 9.78 Å². The van der Waals surface area contributed by atoms with E-state index in [9.17, 15) is 13.2 Å². The number of aryl methyl sites for hydroxylation is 1. The number of aromatic nitrogens is 2. The number of nitriles is 1. The van der Waals surface area contributed by atoms with Crippen LogP contribution < -0.4 is 5.73 Å². The van der Waals surface area contributed by atoms with E-state index in [-0.39, 0.29) is 12.4 Å². The van der Waals surface area contributed by atoms with Crippen LogP contribution in [0.1, 0.15) is 31.0 Å². The van der Waals surface area contributed by atoms with E-state index in [2.05, 4.69) is 5.10 Å². The van der Waals surface area contributed by atoms with E-state index in [0.29, 0.717) is 6.42 Å². The molecule has 1 aromatic heterocycles. The summed E-state index contributed by atoms with van der Waals surface area (Å²) in [5, 5.41) is 12.0. The summed E-state index contributed by atoms with van der Waals surface area (Å²) in [6.45, 7) is 2.18. The first-order chi connectivity index (χ1) is 7.41. The van der Waals surface area contributed by atoms with Crippen LogP contribution in [0.15, 0.2) is 0 Å². The summed E-state index contributed by atoms with van der Waals surface area (Å²) in [4.78, 5) is 0. The highest BCUT2D eigenvalue weighted by Gasteiger charge is 2.39. The van der Waals surface area contributed by atoms with Gasteiger partial charge in [0.25, 0.3) is 0 Å². The van der Waals surface area contributed by atoms with E-state index in [0.717, 1.165) is 11.1 Å². The minimum atomic E-state index is -4.64. The highest BCUT2D eigenvalue weighted by Crippen LogP contribution is 2.33. The molecular weight excluding hydrogens is 221 g/mol. The predicted octanol–water partition coefficient (Wildman–Crippen LogP) is 2.16. The van der Waals surface area contributed by atoms with Gasteiger partial charge in [-0.05, 0) is 6.42 Å². The fraction of sp³-hybridized carbons (Fsp3) is 0.556. The number of hydrogen-bond acceptors (Lipinski definition) is 3. The molecule has 88 valence electrons. The van der Waals surface area contributed by atoms with E-state index < -0.39 is 17.4 Å². The van der Waals surface area contributed by atoms with Gasteiger partial charge >= 0.3 is 6.18 Å². The molecule has 0 aliphatic carbocycles. The molecule has 0 fully saturated rings. The normalized spacial score (nSPS) is 11.4. The highest BCUT2D eigenvalue weighted by atomic mass is 19.4. The van der Waals surface area contributed by atoms with Gasteiger partial charge < -0.3 is 5.73 Å². The Labute approximate surface area is 90.5 Å². The molecule has 1 rings (SSSR count). The topological polar surface area (TPSA) is 67.6 Å².